The van der Waals surface area contributed by atoms with Gasteiger partial charge in [-0.3, -0.25) is 14.9 Å². The number of benzene rings is 3. The third-order valence-electron chi connectivity index (χ3n) is 3.55. The van der Waals surface area contributed by atoms with Gasteiger partial charge >= 0.3 is 0 Å². The van der Waals surface area contributed by atoms with Gasteiger partial charge in [0.05, 0.1) is 15.9 Å². The van der Waals surface area contributed by atoms with E-state index in [4.69, 9.17) is 11.6 Å². The Hall–Kier alpha value is -3.12. The van der Waals surface area contributed by atoms with Gasteiger partial charge in [-0.25, -0.2) is 0 Å². The van der Waals surface area contributed by atoms with E-state index in [1.165, 1.54) is 30.3 Å². The summed E-state index contributed by atoms with van der Waals surface area (Å²) in [6.07, 6.45) is 0. The van der Waals surface area contributed by atoms with Gasteiger partial charge in [0, 0.05) is 22.2 Å². The van der Waals surface area contributed by atoms with Gasteiger partial charge in [-0.15, -0.1) is 0 Å². The number of halogens is 1. The lowest BCUT2D eigenvalue weighted by atomic mass is 10.1. The van der Waals surface area contributed by atoms with E-state index in [0.29, 0.717) is 21.5 Å². The lowest BCUT2D eigenvalue weighted by Gasteiger charge is -2.10. The molecule has 0 aliphatic carbocycles. The van der Waals surface area contributed by atoms with E-state index in [-0.39, 0.29) is 17.0 Å². The van der Waals surface area contributed by atoms with Gasteiger partial charge in [0.2, 0.25) is 0 Å². The molecule has 0 aliphatic heterocycles. The minimum absolute atomic E-state index is 0.0185. The topological polar surface area (TPSA) is 92.5 Å². The number of hydrogen-bond donors (Lipinski definition) is 2. The number of nitro benzene ring substituents is 1. The first-order chi connectivity index (χ1) is 11.5. The number of aromatic hydroxyl groups is 1. The summed E-state index contributed by atoms with van der Waals surface area (Å²) in [6.45, 7) is 0. The molecular formula is C17H11ClN2O4. The number of non-ortho nitro benzene ring substituents is 1. The Morgan fingerprint density at radius 2 is 1.79 bits per heavy atom. The highest BCUT2D eigenvalue weighted by Crippen LogP contribution is 2.32. The SMILES string of the molecule is O=C(Nc1ccc([N+](=O)[O-])c2ccccc12)c1cc(Cl)ccc1O. The van der Waals surface area contributed by atoms with Crippen LogP contribution in [-0.4, -0.2) is 15.9 Å². The molecule has 3 aromatic rings. The fraction of sp³-hybridized carbons (Fsp3) is 0. The highest BCUT2D eigenvalue weighted by atomic mass is 35.5. The second kappa shape index (κ2) is 6.17. The summed E-state index contributed by atoms with van der Waals surface area (Å²) in [6, 6.07) is 13.6. The van der Waals surface area contributed by atoms with E-state index in [2.05, 4.69) is 5.32 Å². The molecule has 7 heteroatoms. The zero-order valence-corrected chi connectivity index (χ0v) is 12.9. The summed E-state index contributed by atoms with van der Waals surface area (Å²) in [5.41, 5.74) is 0.375. The van der Waals surface area contributed by atoms with Crippen molar-refractivity contribution >= 4 is 39.7 Å². The van der Waals surface area contributed by atoms with Gasteiger partial charge in [-0.1, -0.05) is 29.8 Å². The molecule has 120 valence electrons. The Labute approximate surface area is 141 Å². The fourth-order valence-electron chi connectivity index (χ4n) is 2.43. The van der Waals surface area contributed by atoms with Crippen LogP contribution in [-0.2, 0) is 0 Å². The molecule has 6 nitrogen and oxygen atoms in total. The molecule has 0 bridgehead atoms. The van der Waals surface area contributed by atoms with E-state index in [0.717, 1.165) is 0 Å². The lowest BCUT2D eigenvalue weighted by molar-refractivity contribution is -0.383. The van der Waals surface area contributed by atoms with E-state index in [1.54, 1.807) is 24.3 Å². The Balaban J connectivity index is 2.05. The van der Waals surface area contributed by atoms with Crippen LogP contribution >= 0.6 is 11.6 Å². The third kappa shape index (κ3) is 2.87. The zero-order valence-electron chi connectivity index (χ0n) is 12.2. The van der Waals surface area contributed by atoms with Crippen LogP contribution in [0, 0.1) is 10.1 Å². The van der Waals surface area contributed by atoms with Gasteiger partial charge in [0.15, 0.2) is 0 Å². The minimum Gasteiger partial charge on any atom is -0.507 e. The highest BCUT2D eigenvalue weighted by molar-refractivity contribution is 6.31. The Morgan fingerprint density at radius 3 is 2.50 bits per heavy atom. The first-order valence-corrected chi connectivity index (χ1v) is 7.31. The summed E-state index contributed by atoms with van der Waals surface area (Å²) >= 11 is 5.85. The number of nitro groups is 1. The molecule has 0 heterocycles. The molecule has 0 atom stereocenters. The second-order valence-electron chi connectivity index (χ2n) is 5.05. The van der Waals surface area contributed by atoms with Gasteiger partial charge in [-0.05, 0) is 30.3 Å². The van der Waals surface area contributed by atoms with E-state index in [9.17, 15) is 20.0 Å². The number of carbonyl (C=O) groups excluding carboxylic acids is 1. The summed E-state index contributed by atoms with van der Waals surface area (Å²) in [7, 11) is 0. The molecule has 0 aliphatic rings. The Bertz CT molecular complexity index is 972. The molecule has 0 aromatic heterocycles. The average Bonchev–Trinajstić information content (AvgIpc) is 2.57. The van der Waals surface area contributed by atoms with E-state index in [1.807, 2.05) is 0 Å². The van der Waals surface area contributed by atoms with E-state index < -0.39 is 10.8 Å². The van der Waals surface area contributed by atoms with Crippen LogP contribution < -0.4 is 5.32 Å². The zero-order chi connectivity index (χ0) is 17.3. The minimum atomic E-state index is -0.561. The van der Waals surface area contributed by atoms with Crippen molar-refractivity contribution in [1.29, 1.82) is 0 Å². The first-order valence-electron chi connectivity index (χ1n) is 6.93. The van der Waals surface area contributed by atoms with Gasteiger partial charge in [0.1, 0.15) is 5.75 Å². The molecule has 0 saturated heterocycles. The number of rotatable bonds is 3. The summed E-state index contributed by atoms with van der Waals surface area (Å²) in [4.78, 5) is 23.0. The van der Waals surface area contributed by atoms with Crippen LogP contribution in [0.5, 0.6) is 5.75 Å². The normalized spacial score (nSPS) is 10.5. The Morgan fingerprint density at radius 1 is 1.08 bits per heavy atom. The average molecular weight is 343 g/mol. The molecule has 3 rings (SSSR count). The number of phenolic OH excluding ortho intramolecular Hbond substituents is 1. The number of carbonyl (C=O) groups is 1. The predicted octanol–water partition coefficient (Wildman–Crippen LogP) is 4.36. The quantitative estimate of drug-likeness (QED) is 0.546. The monoisotopic (exact) mass is 342 g/mol. The fourth-order valence-corrected chi connectivity index (χ4v) is 2.60. The molecule has 0 saturated carbocycles. The van der Waals surface area contributed by atoms with Crippen LogP contribution in [0.2, 0.25) is 5.02 Å². The van der Waals surface area contributed by atoms with Crippen LogP contribution in [0.3, 0.4) is 0 Å². The maximum absolute atomic E-state index is 12.4. The predicted molar refractivity (Wildman–Crippen MR) is 91.7 cm³/mol. The Kier molecular flexibility index (Phi) is 4.05. The van der Waals surface area contributed by atoms with Crippen molar-refractivity contribution in [3.8, 4) is 5.75 Å². The molecule has 0 radical (unpaired) electrons. The third-order valence-corrected chi connectivity index (χ3v) is 3.78. The lowest BCUT2D eigenvalue weighted by Crippen LogP contribution is -2.12. The number of nitrogens with one attached hydrogen (secondary N) is 1. The number of nitrogens with zero attached hydrogens (tertiary/aromatic N) is 1. The molecule has 1 amide bonds. The molecule has 0 unspecified atom stereocenters. The summed E-state index contributed by atoms with van der Waals surface area (Å²) in [5, 5.41) is 24.8. The number of phenols is 1. The smallest absolute Gasteiger partial charge is 0.277 e. The van der Waals surface area contributed by atoms with Crippen molar-refractivity contribution in [2.24, 2.45) is 0 Å². The van der Waals surface area contributed by atoms with Crippen LogP contribution in [0.1, 0.15) is 10.4 Å². The van der Waals surface area contributed by atoms with Gasteiger partial charge in [-0.2, -0.15) is 0 Å². The van der Waals surface area contributed by atoms with Crippen molar-refractivity contribution in [2.45, 2.75) is 0 Å². The maximum atomic E-state index is 12.4. The summed E-state index contributed by atoms with van der Waals surface area (Å²) < 4.78 is 0. The standard InChI is InChI=1S/C17H11ClN2O4/c18-10-5-8-16(21)13(9-10)17(22)19-14-6-7-15(20(23)24)12-4-2-1-3-11(12)14/h1-9,21H,(H,19,22). The van der Waals surface area contributed by atoms with Crippen molar-refractivity contribution < 1.29 is 14.8 Å². The number of amides is 1. The molecule has 3 aromatic carbocycles. The van der Waals surface area contributed by atoms with Crippen molar-refractivity contribution in [1.82, 2.24) is 0 Å². The van der Waals surface area contributed by atoms with Gasteiger partial charge in [0.25, 0.3) is 11.6 Å². The number of fused-ring (bicyclic) bond motifs is 1. The summed E-state index contributed by atoms with van der Waals surface area (Å²) in [5.74, 6) is -0.767. The van der Waals surface area contributed by atoms with Crippen LogP contribution in [0.4, 0.5) is 11.4 Å². The molecular weight excluding hydrogens is 332 g/mol. The van der Waals surface area contributed by atoms with Crippen molar-refractivity contribution in [2.75, 3.05) is 5.32 Å². The van der Waals surface area contributed by atoms with E-state index >= 15 is 0 Å². The maximum Gasteiger partial charge on any atom is 0.277 e. The van der Waals surface area contributed by atoms with Crippen molar-refractivity contribution in [3.63, 3.8) is 0 Å². The number of anilines is 1. The molecule has 2 N–H and O–H groups in total. The van der Waals surface area contributed by atoms with Crippen LogP contribution in [0.15, 0.2) is 54.6 Å². The van der Waals surface area contributed by atoms with Crippen molar-refractivity contribution in [3.05, 3.63) is 75.3 Å². The largest absolute Gasteiger partial charge is 0.507 e. The molecule has 0 spiro atoms. The van der Waals surface area contributed by atoms with Crippen LogP contribution in [0.25, 0.3) is 10.8 Å². The van der Waals surface area contributed by atoms with Gasteiger partial charge < -0.3 is 10.4 Å². The number of hydrogen-bond acceptors (Lipinski definition) is 4. The highest BCUT2D eigenvalue weighted by Gasteiger charge is 2.17. The second-order valence-corrected chi connectivity index (χ2v) is 5.49. The molecule has 24 heavy (non-hydrogen) atoms. The first kappa shape index (κ1) is 15.8. The molecule has 0 fully saturated rings.